The van der Waals surface area contributed by atoms with Gasteiger partial charge >= 0.3 is 0 Å². The fraction of sp³-hybridized carbons (Fsp3) is 0.333. The maximum Gasteiger partial charge on any atom is 0.251 e. The van der Waals surface area contributed by atoms with Gasteiger partial charge in [-0.1, -0.05) is 6.07 Å². The lowest BCUT2D eigenvalue weighted by Gasteiger charge is -2.06. The molecule has 1 aliphatic carbocycles. The van der Waals surface area contributed by atoms with Gasteiger partial charge in [0, 0.05) is 29.9 Å². The molecule has 3 heteroatoms. The molecule has 0 atom stereocenters. The Labute approximate surface area is 106 Å². The van der Waals surface area contributed by atoms with Gasteiger partial charge in [0.2, 0.25) is 0 Å². The summed E-state index contributed by atoms with van der Waals surface area (Å²) >= 11 is 0. The molecular formula is C15H16N2O. The first-order chi connectivity index (χ1) is 8.78. The van der Waals surface area contributed by atoms with Gasteiger partial charge in [0.05, 0.1) is 0 Å². The fourth-order valence-electron chi connectivity index (χ4n) is 2.28. The Hall–Kier alpha value is -1.90. The first-order valence-electron chi connectivity index (χ1n) is 6.37. The van der Waals surface area contributed by atoms with Crippen molar-refractivity contribution in [3.8, 4) is 0 Å². The van der Waals surface area contributed by atoms with Gasteiger partial charge in [0.1, 0.15) is 0 Å². The Morgan fingerprint density at radius 1 is 1.39 bits per heavy atom. The Kier molecular flexibility index (Phi) is 2.74. The van der Waals surface area contributed by atoms with E-state index in [1.54, 1.807) is 7.05 Å². The summed E-state index contributed by atoms with van der Waals surface area (Å²) in [5.74, 6) is 0.777. The quantitative estimate of drug-likeness (QED) is 0.895. The molecule has 0 saturated heterocycles. The molecule has 0 aliphatic heterocycles. The molecule has 1 N–H and O–H groups in total. The summed E-state index contributed by atoms with van der Waals surface area (Å²) < 4.78 is 0. The number of hydrogen-bond donors (Lipinski definition) is 1. The third-order valence-electron chi connectivity index (χ3n) is 3.52. The Morgan fingerprint density at radius 3 is 2.94 bits per heavy atom. The van der Waals surface area contributed by atoms with Crippen molar-refractivity contribution in [2.45, 2.75) is 19.3 Å². The minimum absolute atomic E-state index is 0.0440. The van der Waals surface area contributed by atoms with E-state index in [9.17, 15) is 4.79 Å². The number of hydrogen-bond acceptors (Lipinski definition) is 2. The lowest BCUT2D eigenvalue weighted by Crippen LogP contribution is -2.17. The normalized spacial score (nSPS) is 14.7. The van der Waals surface area contributed by atoms with Crippen molar-refractivity contribution in [2.75, 3.05) is 7.05 Å². The number of amides is 1. The van der Waals surface area contributed by atoms with Crippen molar-refractivity contribution in [1.82, 2.24) is 10.3 Å². The van der Waals surface area contributed by atoms with E-state index in [1.165, 1.54) is 23.9 Å². The van der Waals surface area contributed by atoms with Crippen molar-refractivity contribution in [3.63, 3.8) is 0 Å². The number of nitrogens with zero attached hydrogens (tertiary/aromatic N) is 1. The van der Waals surface area contributed by atoms with Crippen LogP contribution in [0.3, 0.4) is 0 Å². The predicted molar refractivity (Wildman–Crippen MR) is 71.6 cm³/mol. The largest absolute Gasteiger partial charge is 0.355 e. The second-order valence-corrected chi connectivity index (χ2v) is 4.92. The average molecular weight is 240 g/mol. The Morgan fingerprint density at radius 2 is 2.22 bits per heavy atom. The van der Waals surface area contributed by atoms with Gasteiger partial charge in [-0.3, -0.25) is 9.78 Å². The van der Waals surface area contributed by atoms with Gasteiger partial charge in [0.25, 0.3) is 5.91 Å². The molecule has 1 aromatic heterocycles. The van der Waals surface area contributed by atoms with E-state index in [4.69, 9.17) is 0 Å². The van der Waals surface area contributed by atoms with E-state index >= 15 is 0 Å². The summed E-state index contributed by atoms with van der Waals surface area (Å²) in [6, 6.07) is 7.80. The third-order valence-corrected chi connectivity index (χ3v) is 3.52. The van der Waals surface area contributed by atoms with E-state index in [2.05, 4.69) is 10.3 Å². The third kappa shape index (κ3) is 2.08. The first-order valence-corrected chi connectivity index (χ1v) is 6.37. The molecule has 3 rings (SSSR count). The van der Waals surface area contributed by atoms with Crippen LogP contribution in [0.15, 0.2) is 30.5 Å². The summed E-state index contributed by atoms with van der Waals surface area (Å²) in [7, 11) is 1.65. The monoisotopic (exact) mass is 240 g/mol. The van der Waals surface area contributed by atoms with Crippen molar-refractivity contribution in [2.24, 2.45) is 5.92 Å². The molecule has 1 aromatic carbocycles. The highest BCUT2D eigenvalue weighted by Crippen LogP contribution is 2.33. The fourth-order valence-corrected chi connectivity index (χ4v) is 2.28. The minimum atomic E-state index is -0.0440. The predicted octanol–water partition coefficient (Wildman–Crippen LogP) is 2.55. The van der Waals surface area contributed by atoms with E-state index in [-0.39, 0.29) is 5.91 Å². The maximum absolute atomic E-state index is 11.6. The number of carbonyl (C=O) groups is 1. The van der Waals surface area contributed by atoms with Crippen LogP contribution in [0, 0.1) is 5.92 Å². The van der Waals surface area contributed by atoms with Crippen LogP contribution in [-0.4, -0.2) is 17.9 Å². The summed E-state index contributed by atoms with van der Waals surface area (Å²) in [5.41, 5.74) is 1.87. The standard InChI is InChI=1S/C15H16N2O/c1-16-15(18)12-4-5-13-11(9-12)6-7-17-14(13)8-10-2-3-10/h4-7,9-10H,2-3,8H2,1H3,(H,16,18). The van der Waals surface area contributed by atoms with Crippen LogP contribution in [0.5, 0.6) is 0 Å². The molecule has 92 valence electrons. The minimum Gasteiger partial charge on any atom is -0.355 e. The van der Waals surface area contributed by atoms with Crippen LogP contribution in [0.1, 0.15) is 28.9 Å². The Balaban J connectivity index is 2.03. The average Bonchev–Trinajstić information content (AvgIpc) is 3.21. The van der Waals surface area contributed by atoms with Gasteiger partial charge in [-0.05, 0) is 48.8 Å². The molecular weight excluding hydrogens is 224 g/mol. The van der Waals surface area contributed by atoms with Crippen LogP contribution in [0.25, 0.3) is 10.8 Å². The molecule has 0 radical (unpaired) electrons. The zero-order valence-electron chi connectivity index (χ0n) is 10.4. The van der Waals surface area contributed by atoms with E-state index in [0.29, 0.717) is 5.56 Å². The molecule has 2 aromatic rings. The highest BCUT2D eigenvalue weighted by molar-refractivity contribution is 5.98. The number of nitrogens with one attached hydrogen (secondary N) is 1. The van der Waals surface area contributed by atoms with Crippen LogP contribution in [0.2, 0.25) is 0 Å². The molecule has 0 spiro atoms. The molecule has 1 aliphatic rings. The van der Waals surface area contributed by atoms with Gasteiger partial charge in [-0.15, -0.1) is 0 Å². The highest BCUT2D eigenvalue weighted by Gasteiger charge is 2.23. The molecule has 3 nitrogen and oxygen atoms in total. The lowest BCUT2D eigenvalue weighted by molar-refractivity contribution is 0.0963. The van der Waals surface area contributed by atoms with Gasteiger partial charge in [-0.2, -0.15) is 0 Å². The molecule has 18 heavy (non-hydrogen) atoms. The van der Waals surface area contributed by atoms with E-state index in [1.807, 2.05) is 30.5 Å². The summed E-state index contributed by atoms with van der Waals surface area (Å²) in [6.07, 6.45) is 5.56. The van der Waals surface area contributed by atoms with E-state index in [0.717, 1.165) is 17.7 Å². The number of benzene rings is 1. The molecule has 1 heterocycles. The molecule has 0 bridgehead atoms. The summed E-state index contributed by atoms with van der Waals surface area (Å²) in [5, 5.41) is 4.92. The maximum atomic E-state index is 11.6. The number of fused-ring (bicyclic) bond motifs is 1. The second kappa shape index (κ2) is 4.41. The topological polar surface area (TPSA) is 42.0 Å². The van der Waals surface area contributed by atoms with Crippen molar-refractivity contribution in [3.05, 3.63) is 41.7 Å². The number of carbonyl (C=O) groups excluding carboxylic acids is 1. The number of rotatable bonds is 3. The molecule has 1 fully saturated rings. The smallest absolute Gasteiger partial charge is 0.251 e. The lowest BCUT2D eigenvalue weighted by atomic mass is 10.0. The zero-order chi connectivity index (χ0) is 12.5. The van der Waals surface area contributed by atoms with Crippen molar-refractivity contribution in [1.29, 1.82) is 0 Å². The summed E-state index contributed by atoms with van der Waals surface area (Å²) in [4.78, 5) is 16.1. The van der Waals surface area contributed by atoms with Gasteiger partial charge in [-0.25, -0.2) is 0 Å². The van der Waals surface area contributed by atoms with Crippen LogP contribution in [0.4, 0.5) is 0 Å². The zero-order valence-corrected chi connectivity index (χ0v) is 10.4. The van der Waals surface area contributed by atoms with E-state index < -0.39 is 0 Å². The summed E-state index contributed by atoms with van der Waals surface area (Å²) in [6.45, 7) is 0. The van der Waals surface area contributed by atoms with Gasteiger partial charge < -0.3 is 5.32 Å². The second-order valence-electron chi connectivity index (χ2n) is 4.92. The molecule has 1 saturated carbocycles. The number of pyridine rings is 1. The highest BCUT2D eigenvalue weighted by atomic mass is 16.1. The van der Waals surface area contributed by atoms with Crippen LogP contribution < -0.4 is 5.32 Å². The van der Waals surface area contributed by atoms with Crippen LogP contribution >= 0.6 is 0 Å². The van der Waals surface area contributed by atoms with Gasteiger partial charge in [0.15, 0.2) is 0 Å². The first kappa shape index (κ1) is 11.2. The van der Waals surface area contributed by atoms with Crippen molar-refractivity contribution < 1.29 is 4.79 Å². The SMILES string of the molecule is CNC(=O)c1ccc2c(CC3CC3)nccc2c1. The number of aromatic nitrogens is 1. The molecule has 0 unspecified atom stereocenters. The van der Waals surface area contributed by atoms with Crippen molar-refractivity contribution >= 4 is 16.7 Å². The molecule has 1 amide bonds. The van der Waals surface area contributed by atoms with Crippen LogP contribution in [-0.2, 0) is 6.42 Å². The Bertz CT molecular complexity index is 602.